The summed E-state index contributed by atoms with van der Waals surface area (Å²) >= 11 is 4.22. The Hall–Kier alpha value is -5.01. The quantitative estimate of drug-likeness (QED) is 0.0456. The molecule has 1 spiro atoms. The molecular weight excluding hydrogens is 809 g/mol. The molecule has 1 fully saturated rings. The van der Waals surface area contributed by atoms with Gasteiger partial charge in [-0.3, -0.25) is 9.59 Å². The molecule has 11 nitrogen and oxygen atoms in total. The molecule has 0 radical (unpaired) electrons. The summed E-state index contributed by atoms with van der Waals surface area (Å²) in [5.74, 6) is 5.34. The summed E-state index contributed by atoms with van der Waals surface area (Å²) in [7, 11) is 6.57. The Labute approximate surface area is 368 Å². The zero-order valence-corrected chi connectivity index (χ0v) is 37.6. The Kier molecular flexibility index (Phi) is 14.6. The number of methoxy groups -OCH3 is 4. The molecule has 0 bridgehead atoms. The molecule has 2 N–H and O–H groups in total. The largest absolute Gasteiger partial charge is 0.493 e. The van der Waals surface area contributed by atoms with E-state index in [0.717, 1.165) is 104 Å². The van der Waals surface area contributed by atoms with Gasteiger partial charge in [-0.05, 0) is 144 Å². The van der Waals surface area contributed by atoms with Crippen molar-refractivity contribution in [2.75, 3.05) is 58.8 Å². The molecule has 1 unspecified atom stereocenters. The van der Waals surface area contributed by atoms with Crippen LogP contribution in [0.15, 0.2) is 65.7 Å². The number of ether oxygens (including phenoxy) is 5. The smallest absolute Gasteiger partial charge is 0.303 e. The van der Waals surface area contributed by atoms with Gasteiger partial charge in [-0.15, -0.1) is 23.5 Å². The number of nitrogen functional groups attached to an aromatic ring is 1. The highest BCUT2D eigenvalue weighted by atomic mass is 32.2. The number of aliphatic imine (C=N–C) groups is 1. The fourth-order valence-corrected chi connectivity index (χ4v) is 12.2. The number of nitrogens with zero attached hydrogens (tertiary/aromatic N) is 3. The number of esters is 1. The maximum Gasteiger partial charge on any atom is 0.303 e. The molecule has 5 aliphatic rings. The molecule has 3 aliphatic heterocycles. The Balaban J connectivity index is 0.000000155. The summed E-state index contributed by atoms with van der Waals surface area (Å²) in [5, 5.41) is 0. The number of anilines is 1. The van der Waals surface area contributed by atoms with E-state index in [1.54, 1.807) is 33.3 Å². The molecule has 3 heterocycles. The normalized spacial score (nSPS) is 18.2. The fourth-order valence-electron chi connectivity index (χ4n) is 8.82. The molecule has 1 atom stereocenters. The number of carbonyl (C=O) groups excluding carboxylic acids is 2. The van der Waals surface area contributed by atoms with Gasteiger partial charge in [-0.1, -0.05) is 12.1 Å². The Morgan fingerprint density at radius 2 is 1.31 bits per heavy atom. The minimum Gasteiger partial charge on any atom is -0.493 e. The Morgan fingerprint density at radius 3 is 1.92 bits per heavy atom. The number of hydrogen-bond acceptors (Lipinski definition) is 11. The number of benzene rings is 4. The molecule has 13 heteroatoms. The van der Waals surface area contributed by atoms with Crippen LogP contribution in [0, 0.1) is 0 Å². The SMILES string of the molecule is COc1cc2c(cc1OC)CN(C=Nc1ccc3c(c1)C(OC(C)=O)CCCC3)CC2.COc1cc2c(cc1OC)CN(C=O)CC2.Nc1ccc2c(c1)C1(CC2)SCCS1. The first-order valence-corrected chi connectivity index (χ1v) is 23.0. The Morgan fingerprint density at radius 1 is 0.721 bits per heavy atom. The van der Waals surface area contributed by atoms with E-state index < -0.39 is 0 Å². The van der Waals surface area contributed by atoms with Crippen molar-refractivity contribution in [1.82, 2.24) is 9.80 Å². The standard InChI is InChI=1S/C25H30N2O4.C12H15NO3.C11H13NS2/c1-17(28)31-23-7-5-4-6-18-8-9-21(14-22(18)23)26-16-27-11-10-19-12-24(29-2)25(30-3)13-20(19)15-27;1-15-11-5-9-3-4-13(8-14)7-10(9)6-12(11)16-2;12-9-2-1-8-3-4-11(10(8)7-9)13-5-6-14-11/h8-9,12-14,16,23H,4-7,10-11,15H2,1-3H3;5-6,8H,3-4,7H2,1-2H3;1-2,7H,3-6,12H2. The van der Waals surface area contributed by atoms with E-state index in [1.165, 1.54) is 64.7 Å². The number of fused-ring (bicyclic) bond motifs is 5. The van der Waals surface area contributed by atoms with Gasteiger partial charge >= 0.3 is 5.97 Å². The Bertz CT molecular complexity index is 2230. The number of amides is 1. The highest BCUT2D eigenvalue weighted by molar-refractivity contribution is 8.20. The number of nitrogens with two attached hydrogens (primary N) is 1. The van der Waals surface area contributed by atoms with Gasteiger partial charge < -0.3 is 39.2 Å². The zero-order chi connectivity index (χ0) is 42.9. The number of hydrogen-bond donors (Lipinski definition) is 1. The lowest BCUT2D eigenvalue weighted by molar-refractivity contribution is -0.147. The molecule has 1 amide bonds. The highest BCUT2D eigenvalue weighted by Gasteiger charge is 2.42. The fraction of sp³-hybridized carbons (Fsp3) is 0.438. The van der Waals surface area contributed by atoms with E-state index in [0.29, 0.717) is 16.4 Å². The van der Waals surface area contributed by atoms with Gasteiger partial charge in [0.1, 0.15) is 6.10 Å². The first-order chi connectivity index (χ1) is 29.6. The maximum atomic E-state index is 11.6. The molecule has 61 heavy (non-hydrogen) atoms. The second-order valence-corrected chi connectivity index (χ2v) is 18.9. The molecule has 2 aliphatic carbocycles. The van der Waals surface area contributed by atoms with Crippen LogP contribution in [-0.4, -0.2) is 81.6 Å². The van der Waals surface area contributed by atoms with Crippen LogP contribution in [0.5, 0.6) is 23.0 Å². The van der Waals surface area contributed by atoms with E-state index in [-0.39, 0.29) is 12.1 Å². The van der Waals surface area contributed by atoms with Gasteiger partial charge in [0.05, 0.1) is 44.5 Å². The van der Waals surface area contributed by atoms with Crippen LogP contribution in [0.2, 0.25) is 0 Å². The van der Waals surface area contributed by atoms with E-state index in [9.17, 15) is 9.59 Å². The number of aryl methyl sites for hydroxylation is 2. The van der Waals surface area contributed by atoms with Crippen LogP contribution >= 0.6 is 23.5 Å². The third kappa shape index (κ3) is 10.4. The van der Waals surface area contributed by atoms with Crippen molar-refractivity contribution in [3.63, 3.8) is 0 Å². The minimum absolute atomic E-state index is 0.172. The second kappa shape index (κ2) is 20.2. The molecule has 1 saturated heterocycles. The van der Waals surface area contributed by atoms with Crippen molar-refractivity contribution >= 4 is 53.6 Å². The van der Waals surface area contributed by atoms with Gasteiger partial charge in [0, 0.05) is 50.3 Å². The molecule has 9 rings (SSSR count). The second-order valence-electron chi connectivity index (χ2n) is 15.8. The average molecular weight is 867 g/mol. The topological polar surface area (TPSA) is 125 Å². The first-order valence-electron chi connectivity index (χ1n) is 21.1. The minimum atomic E-state index is -0.231. The number of rotatable bonds is 8. The van der Waals surface area contributed by atoms with E-state index in [4.69, 9.17) is 34.4 Å². The third-order valence-corrected chi connectivity index (χ3v) is 15.5. The summed E-state index contributed by atoms with van der Waals surface area (Å²) in [6, 6.07) is 20.8. The number of thioether (sulfide) groups is 2. The van der Waals surface area contributed by atoms with Gasteiger partial charge in [0.2, 0.25) is 6.41 Å². The molecule has 4 aromatic rings. The molecule has 0 saturated carbocycles. The van der Waals surface area contributed by atoms with Crippen molar-refractivity contribution in [3.8, 4) is 23.0 Å². The molecule has 0 aromatic heterocycles. The van der Waals surface area contributed by atoms with Gasteiger partial charge in [0.25, 0.3) is 0 Å². The third-order valence-electron chi connectivity index (χ3n) is 12.0. The van der Waals surface area contributed by atoms with Crippen molar-refractivity contribution < 1.29 is 33.3 Å². The lowest BCUT2D eigenvalue weighted by Crippen LogP contribution is -2.29. The van der Waals surface area contributed by atoms with Crippen molar-refractivity contribution in [1.29, 1.82) is 0 Å². The molecule has 4 aromatic carbocycles. The predicted octanol–water partition coefficient (Wildman–Crippen LogP) is 8.82. The van der Waals surface area contributed by atoms with Gasteiger partial charge in [0.15, 0.2) is 23.0 Å². The molecular formula is C48H58N4O7S2. The predicted molar refractivity (Wildman–Crippen MR) is 246 cm³/mol. The first kappa shape index (κ1) is 44.1. The lowest BCUT2D eigenvalue weighted by atomic mass is 9.99. The van der Waals surface area contributed by atoms with Crippen LogP contribution in [0.4, 0.5) is 11.4 Å². The van der Waals surface area contributed by atoms with Gasteiger partial charge in [-0.25, -0.2) is 4.99 Å². The van der Waals surface area contributed by atoms with Crippen LogP contribution in [-0.2, 0) is 57.2 Å². The van der Waals surface area contributed by atoms with Gasteiger partial charge in [-0.2, -0.15) is 0 Å². The maximum absolute atomic E-state index is 11.6. The summed E-state index contributed by atoms with van der Waals surface area (Å²) in [6.45, 7) is 4.57. The average Bonchev–Trinajstić information content (AvgIpc) is 3.86. The summed E-state index contributed by atoms with van der Waals surface area (Å²) in [5.41, 5.74) is 17.9. The van der Waals surface area contributed by atoms with Crippen LogP contribution in [0.1, 0.15) is 83.2 Å². The summed E-state index contributed by atoms with van der Waals surface area (Å²) < 4.78 is 27.3. The van der Waals surface area contributed by atoms with Crippen LogP contribution < -0.4 is 24.7 Å². The van der Waals surface area contributed by atoms with Crippen LogP contribution in [0.25, 0.3) is 0 Å². The zero-order valence-electron chi connectivity index (χ0n) is 36.0. The lowest BCUT2D eigenvalue weighted by Gasteiger charge is -2.27. The monoisotopic (exact) mass is 866 g/mol. The van der Waals surface area contributed by atoms with Crippen LogP contribution in [0.3, 0.4) is 0 Å². The molecule has 324 valence electrons. The highest BCUT2D eigenvalue weighted by Crippen LogP contribution is 2.59. The summed E-state index contributed by atoms with van der Waals surface area (Å²) in [6.07, 6.45) is 11.0. The van der Waals surface area contributed by atoms with E-state index in [1.807, 2.05) is 24.5 Å². The summed E-state index contributed by atoms with van der Waals surface area (Å²) in [4.78, 5) is 31.0. The van der Waals surface area contributed by atoms with E-state index >= 15 is 0 Å². The van der Waals surface area contributed by atoms with Crippen molar-refractivity contribution in [3.05, 3.63) is 105 Å². The number of carbonyl (C=O) groups is 2. The van der Waals surface area contributed by atoms with Crippen molar-refractivity contribution in [2.45, 2.75) is 81.6 Å². The van der Waals surface area contributed by atoms with E-state index in [2.05, 4.69) is 70.9 Å². The van der Waals surface area contributed by atoms with Crippen molar-refractivity contribution in [2.24, 2.45) is 4.99 Å².